The van der Waals surface area contributed by atoms with Crippen LogP contribution in [0.4, 0.5) is 8.78 Å². The molecule has 0 bridgehead atoms. The Labute approximate surface area is 171 Å². The molecule has 2 aromatic rings. The second-order valence-electron chi connectivity index (χ2n) is 6.23. The molecule has 3 N–H and O–H groups in total. The minimum absolute atomic E-state index is 0.124. The standard InChI is InChI=1S/C10H11BrFNO.C10H12FNO2/c1-6(13-7(2)14)8-3-4-9(11)10(12)5-8;1-6(12-7(2)13)8-3-4-10(14)9(11)5-8/h3-6H,1-2H3,(H,13,14);3-6,14H,1-2H3,(H,12,13). The Bertz CT molecular complexity index is 777. The molecule has 2 unspecified atom stereocenters. The maximum Gasteiger partial charge on any atom is 0.217 e. The second kappa shape index (κ2) is 10.8. The fourth-order valence-corrected chi connectivity index (χ4v) is 2.60. The molecule has 5 nitrogen and oxygen atoms in total. The first-order valence-electron chi connectivity index (χ1n) is 8.48. The third-order valence-electron chi connectivity index (χ3n) is 3.75. The van der Waals surface area contributed by atoms with E-state index in [-0.39, 0.29) is 35.5 Å². The summed E-state index contributed by atoms with van der Waals surface area (Å²) in [5.41, 5.74) is 1.37. The van der Waals surface area contributed by atoms with Crippen molar-refractivity contribution in [2.45, 2.75) is 39.8 Å². The quantitative estimate of drug-likeness (QED) is 0.632. The van der Waals surface area contributed by atoms with Gasteiger partial charge in [-0.05, 0) is 65.2 Å². The highest BCUT2D eigenvalue weighted by Crippen LogP contribution is 2.21. The zero-order valence-electron chi connectivity index (χ0n) is 16.0. The summed E-state index contributed by atoms with van der Waals surface area (Å²) in [5.74, 6) is -1.69. The Morgan fingerprint density at radius 3 is 1.71 bits per heavy atom. The highest BCUT2D eigenvalue weighted by atomic mass is 79.9. The van der Waals surface area contributed by atoms with Gasteiger partial charge in [-0.25, -0.2) is 8.78 Å². The van der Waals surface area contributed by atoms with Crippen LogP contribution in [0.1, 0.15) is 50.9 Å². The van der Waals surface area contributed by atoms with Crippen molar-refractivity contribution in [1.82, 2.24) is 10.6 Å². The predicted octanol–water partition coefficient (Wildman–Crippen LogP) is 4.51. The normalized spacial score (nSPS) is 12.2. The number of amides is 2. The topological polar surface area (TPSA) is 78.4 Å². The van der Waals surface area contributed by atoms with E-state index in [1.54, 1.807) is 25.1 Å². The molecule has 0 aliphatic rings. The van der Waals surface area contributed by atoms with Gasteiger partial charge in [0.25, 0.3) is 0 Å². The van der Waals surface area contributed by atoms with Gasteiger partial charge >= 0.3 is 0 Å². The third-order valence-corrected chi connectivity index (χ3v) is 4.40. The van der Waals surface area contributed by atoms with Gasteiger partial charge in [-0.15, -0.1) is 0 Å². The van der Waals surface area contributed by atoms with Crippen molar-refractivity contribution in [1.29, 1.82) is 0 Å². The molecule has 2 atom stereocenters. The Morgan fingerprint density at radius 1 is 0.893 bits per heavy atom. The number of halogens is 3. The Kier molecular flexibility index (Phi) is 9.05. The van der Waals surface area contributed by atoms with E-state index in [2.05, 4.69) is 26.6 Å². The molecule has 0 fully saturated rings. The molecule has 2 aromatic carbocycles. The fourth-order valence-electron chi connectivity index (χ4n) is 2.35. The largest absolute Gasteiger partial charge is 0.505 e. The zero-order valence-corrected chi connectivity index (χ0v) is 17.6. The SMILES string of the molecule is CC(=O)NC(C)c1ccc(Br)c(F)c1.CC(=O)NC(C)c1ccc(O)c(F)c1. The van der Waals surface area contributed by atoms with Crippen LogP contribution in [0.15, 0.2) is 40.9 Å². The number of rotatable bonds is 4. The Morgan fingerprint density at radius 2 is 1.32 bits per heavy atom. The van der Waals surface area contributed by atoms with E-state index in [4.69, 9.17) is 5.11 Å². The van der Waals surface area contributed by atoms with Crippen LogP contribution in [-0.4, -0.2) is 16.9 Å². The maximum atomic E-state index is 13.1. The monoisotopic (exact) mass is 456 g/mol. The first-order chi connectivity index (χ1) is 13.0. The molecular formula is C20H23BrF2N2O3. The van der Waals surface area contributed by atoms with Crippen LogP contribution in [0.2, 0.25) is 0 Å². The number of carbonyl (C=O) groups is 2. The molecule has 8 heteroatoms. The van der Waals surface area contributed by atoms with Crippen LogP contribution in [-0.2, 0) is 9.59 Å². The van der Waals surface area contributed by atoms with Crippen LogP contribution in [0.25, 0.3) is 0 Å². The molecule has 0 heterocycles. The van der Waals surface area contributed by atoms with Crippen molar-refractivity contribution in [3.05, 3.63) is 63.6 Å². The van der Waals surface area contributed by atoms with Gasteiger partial charge < -0.3 is 15.7 Å². The van der Waals surface area contributed by atoms with Crippen LogP contribution in [0.5, 0.6) is 5.75 Å². The second-order valence-corrected chi connectivity index (χ2v) is 7.08. The number of hydrogen-bond donors (Lipinski definition) is 3. The summed E-state index contributed by atoms with van der Waals surface area (Å²) in [4.78, 5) is 21.5. The summed E-state index contributed by atoms with van der Waals surface area (Å²) in [6.07, 6.45) is 0. The van der Waals surface area contributed by atoms with Crippen LogP contribution < -0.4 is 10.6 Å². The third kappa shape index (κ3) is 7.64. The number of nitrogens with one attached hydrogen (secondary N) is 2. The summed E-state index contributed by atoms with van der Waals surface area (Å²) in [6.45, 7) is 6.39. The van der Waals surface area contributed by atoms with Gasteiger partial charge in [-0.3, -0.25) is 9.59 Å². The molecule has 2 amide bonds. The molecule has 0 radical (unpaired) electrons. The number of aromatic hydroxyl groups is 1. The molecule has 28 heavy (non-hydrogen) atoms. The molecule has 0 saturated heterocycles. The summed E-state index contributed by atoms with van der Waals surface area (Å²) >= 11 is 3.07. The van der Waals surface area contributed by atoms with Crippen molar-refractivity contribution in [2.75, 3.05) is 0 Å². The van der Waals surface area contributed by atoms with Gasteiger partial charge in [-0.1, -0.05) is 12.1 Å². The fraction of sp³-hybridized carbons (Fsp3) is 0.300. The molecular weight excluding hydrogens is 434 g/mol. The minimum Gasteiger partial charge on any atom is -0.505 e. The lowest BCUT2D eigenvalue weighted by Gasteiger charge is -2.12. The average molecular weight is 457 g/mol. The lowest BCUT2D eigenvalue weighted by molar-refractivity contribution is -0.120. The summed E-state index contributed by atoms with van der Waals surface area (Å²) in [5, 5.41) is 14.2. The lowest BCUT2D eigenvalue weighted by atomic mass is 10.1. The lowest BCUT2D eigenvalue weighted by Crippen LogP contribution is -2.23. The molecule has 152 valence electrons. The smallest absolute Gasteiger partial charge is 0.217 e. The zero-order chi connectivity index (χ0) is 21.4. The van der Waals surface area contributed by atoms with E-state index in [0.717, 1.165) is 5.56 Å². The maximum absolute atomic E-state index is 13.1. The van der Waals surface area contributed by atoms with E-state index in [1.807, 2.05) is 6.92 Å². The highest BCUT2D eigenvalue weighted by Gasteiger charge is 2.09. The summed E-state index contributed by atoms with van der Waals surface area (Å²) < 4.78 is 26.5. The summed E-state index contributed by atoms with van der Waals surface area (Å²) in [6, 6.07) is 8.41. The van der Waals surface area contributed by atoms with E-state index >= 15 is 0 Å². The van der Waals surface area contributed by atoms with E-state index in [9.17, 15) is 18.4 Å². The molecule has 0 aliphatic heterocycles. The molecule has 0 saturated carbocycles. The first-order valence-corrected chi connectivity index (χ1v) is 9.28. The van der Waals surface area contributed by atoms with Crippen molar-refractivity contribution in [3.63, 3.8) is 0 Å². The molecule has 0 aromatic heterocycles. The van der Waals surface area contributed by atoms with E-state index in [0.29, 0.717) is 10.0 Å². The van der Waals surface area contributed by atoms with Gasteiger partial charge in [0.1, 0.15) is 5.82 Å². The van der Waals surface area contributed by atoms with E-state index in [1.165, 1.54) is 32.0 Å². The van der Waals surface area contributed by atoms with Gasteiger partial charge in [-0.2, -0.15) is 0 Å². The van der Waals surface area contributed by atoms with Gasteiger partial charge in [0.2, 0.25) is 11.8 Å². The van der Waals surface area contributed by atoms with Crippen molar-refractivity contribution in [2.24, 2.45) is 0 Å². The Balaban J connectivity index is 0.000000280. The number of carbonyl (C=O) groups excluding carboxylic acids is 2. The highest BCUT2D eigenvalue weighted by molar-refractivity contribution is 9.10. The predicted molar refractivity (Wildman–Crippen MR) is 107 cm³/mol. The number of phenolic OH excluding ortho intramolecular Hbond substituents is 1. The molecule has 2 rings (SSSR count). The van der Waals surface area contributed by atoms with Gasteiger partial charge in [0.15, 0.2) is 11.6 Å². The van der Waals surface area contributed by atoms with Crippen molar-refractivity contribution in [3.8, 4) is 5.75 Å². The molecule has 0 spiro atoms. The number of hydrogen-bond acceptors (Lipinski definition) is 3. The minimum atomic E-state index is -0.681. The number of phenols is 1. The number of benzene rings is 2. The van der Waals surface area contributed by atoms with Crippen LogP contribution in [0, 0.1) is 11.6 Å². The van der Waals surface area contributed by atoms with Crippen molar-refractivity contribution >= 4 is 27.7 Å². The average Bonchev–Trinajstić information content (AvgIpc) is 2.59. The van der Waals surface area contributed by atoms with E-state index < -0.39 is 5.82 Å². The van der Waals surface area contributed by atoms with Gasteiger partial charge in [0, 0.05) is 13.8 Å². The summed E-state index contributed by atoms with van der Waals surface area (Å²) in [7, 11) is 0. The van der Waals surface area contributed by atoms with Gasteiger partial charge in [0.05, 0.1) is 16.6 Å². The van der Waals surface area contributed by atoms with Crippen molar-refractivity contribution < 1.29 is 23.5 Å². The van der Waals surface area contributed by atoms with Crippen LogP contribution >= 0.6 is 15.9 Å². The Hall–Kier alpha value is -2.48. The first kappa shape index (κ1) is 23.6. The van der Waals surface area contributed by atoms with Crippen LogP contribution in [0.3, 0.4) is 0 Å². The molecule has 0 aliphatic carbocycles.